The van der Waals surface area contributed by atoms with Crippen LogP contribution >= 0.6 is 0 Å². The van der Waals surface area contributed by atoms with Gasteiger partial charge >= 0.3 is 6.09 Å². The molecule has 1 aliphatic heterocycles. The third-order valence-corrected chi connectivity index (χ3v) is 4.85. The smallest absolute Gasteiger partial charge is 0.409 e. The molecule has 8 nitrogen and oxygen atoms in total. The highest BCUT2D eigenvalue weighted by Crippen LogP contribution is 2.19. The Bertz CT molecular complexity index is 513. The second-order valence-corrected chi connectivity index (χ2v) is 7.88. The number of hydrogen-bond donors (Lipinski definition) is 1. The SMILES string of the molecule is CCOC(=O)N1CCC(N(CC(=O)NC(C)C)S(C)(=O)=O)CC1. The van der Waals surface area contributed by atoms with Gasteiger partial charge in [0, 0.05) is 25.2 Å². The molecule has 0 aromatic carbocycles. The lowest BCUT2D eigenvalue weighted by atomic mass is 10.1. The van der Waals surface area contributed by atoms with Gasteiger partial charge in [-0.3, -0.25) is 4.79 Å². The summed E-state index contributed by atoms with van der Waals surface area (Å²) in [5.74, 6) is -0.321. The van der Waals surface area contributed by atoms with E-state index < -0.39 is 10.0 Å². The predicted octanol–water partition coefficient (Wildman–Crippen LogP) is 0.394. The molecule has 0 unspecified atom stereocenters. The summed E-state index contributed by atoms with van der Waals surface area (Å²) in [7, 11) is -3.51. The van der Waals surface area contributed by atoms with E-state index in [-0.39, 0.29) is 30.6 Å². The Kier molecular flexibility index (Phi) is 7.27. The van der Waals surface area contributed by atoms with Gasteiger partial charge in [-0.1, -0.05) is 0 Å². The molecule has 2 amide bonds. The molecule has 134 valence electrons. The van der Waals surface area contributed by atoms with E-state index in [0.717, 1.165) is 6.26 Å². The van der Waals surface area contributed by atoms with Crippen molar-refractivity contribution in [3.05, 3.63) is 0 Å². The highest BCUT2D eigenvalue weighted by atomic mass is 32.2. The third-order valence-electron chi connectivity index (χ3n) is 3.57. The maximum Gasteiger partial charge on any atom is 0.409 e. The van der Waals surface area contributed by atoms with E-state index in [1.54, 1.807) is 11.8 Å². The van der Waals surface area contributed by atoms with Gasteiger partial charge in [-0.25, -0.2) is 13.2 Å². The van der Waals surface area contributed by atoms with Crippen molar-refractivity contribution in [1.29, 1.82) is 0 Å². The Morgan fingerprint density at radius 3 is 2.30 bits per heavy atom. The lowest BCUT2D eigenvalue weighted by Gasteiger charge is -2.36. The summed E-state index contributed by atoms with van der Waals surface area (Å²) in [6.45, 7) is 6.33. The fraction of sp³-hybridized carbons (Fsp3) is 0.857. The largest absolute Gasteiger partial charge is 0.450 e. The topological polar surface area (TPSA) is 96.0 Å². The number of hydrogen-bond acceptors (Lipinski definition) is 5. The number of carbonyl (C=O) groups excluding carboxylic acids is 2. The van der Waals surface area contributed by atoms with Crippen molar-refractivity contribution in [2.24, 2.45) is 0 Å². The van der Waals surface area contributed by atoms with Gasteiger partial charge in [-0.05, 0) is 33.6 Å². The second kappa shape index (κ2) is 8.49. The van der Waals surface area contributed by atoms with Gasteiger partial charge in [0.05, 0.1) is 19.4 Å². The maximum absolute atomic E-state index is 12.0. The molecule has 1 saturated heterocycles. The van der Waals surface area contributed by atoms with Crippen LogP contribution in [0.2, 0.25) is 0 Å². The first kappa shape index (κ1) is 19.7. The van der Waals surface area contributed by atoms with E-state index in [9.17, 15) is 18.0 Å². The van der Waals surface area contributed by atoms with E-state index in [2.05, 4.69) is 5.32 Å². The number of amides is 2. The zero-order chi connectivity index (χ0) is 17.6. The first-order valence-corrected chi connectivity index (χ1v) is 9.67. The lowest BCUT2D eigenvalue weighted by molar-refractivity contribution is -0.122. The van der Waals surface area contributed by atoms with E-state index in [1.165, 1.54) is 4.31 Å². The van der Waals surface area contributed by atoms with E-state index in [1.807, 2.05) is 13.8 Å². The standard InChI is InChI=1S/C14H27N3O5S/c1-5-22-14(19)16-8-6-12(7-9-16)17(23(4,20)21)10-13(18)15-11(2)3/h11-12H,5-10H2,1-4H3,(H,15,18). The van der Waals surface area contributed by atoms with Crippen LogP contribution in [0.3, 0.4) is 0 Å². The molecule has 1 N–H and O–H groups in total. The number of sulfonamides is 1. The monoisotopic (exact) mass is 349 g/mol. The van der Waals surface area contributed by atoms with Gasteiger partial charge in [0.15, 0.2) is 0 Å². The zero-order valence-electron chi connectivity index (χ0n) is 14.2. The lowest BCUT2D eigenvalue weighted by Crippen LogP contribution is -2.51. The fourth-order valence-electron chi connectivity index (χ4n) is 2.58. The Balaban J connectivity index is 2.68. The predicted molar refractivity (Wildman–Crippen MR) is 86.4 cm³/mol. The molecule has 0 aromatic heterocycles. The van der Waals surface area contributed by atoms with Crippen molar-refractivity contribution in [3.8, 4) is 0 Å². The molecule has 1 rings (SSSR count). The molecular formula is C14H27N3O5S. The minimum absolute atomic E-state index is 0.0467. The number of likely N-dealkylation sites (tertiary alicyclic amines) is 1. The van der Waals surface area contributed by atoms with Gasteiger partial charge in [-0.2, -0.15) is 4.31 Å². The van der Waals surface area contributed by atoms with Crippen LogP contribution in [-0.4, -0.2) is 74.2 Å². The first-order valence-electron chi connectivity index (χ1n) is 7.83. The molecule has 0 radical (unpaired) electrons. The van der Waals surface area contributed by atoms with Gasteiger partial charge in [0.25, 0.3) is 0 Å². The summed E-state index contributed by atoms with van der Waals surface area (Å²) in [5, 5.41) is 2.70. The van der Waals surface area contributed by atoms with Crippen LogP contribution < -0.4 is 5.32 Å². The molecule has 1 fully saturated rings. The van der Waals surface area contributed by atoms with E-state index in [4.69, 9.17) is 4.74 Å². The highest BCUT2D eigenvalue weighted by Gasteiger charge is 2.33. The van der Waals surface area contributed by atoms with Crippen LogP contribution in [0.4, 0.5) is 4.79 Å². The molecule has 23 heavy (non-hydrogen) atoms. The van der Waals surface area contributed by atoms with Crippen molar-refractivity contribution in [2.75, 3.05) is 32.5 Å². The van der Waals surface area contributed by atoms with Crippen molar-refractivity contribution in [2.45, 2.75) is 45.7 Å². The van der Waals surface area contributed by atoms with Gasteiger partial charge in [0.2, 0.25) is 15.9 Å². The molecule has 9 heteroatoms. The summed E-state index contributed by atoms with van der Waals surface area (Å²) in [6, 6.07) is -0.330. The van der Waals surface area contributed by atoms with Crippen LogP contribution in [0.15, 0.2) is 0 Å². The van der Waals surface area contributed by atoms with E-state index in [0.29, 0.717) is 32.5 Å². The molecular weight excluding hydrogens is 322 g/mol. The fourth-order valence-corrected chi connectivity index (χ4v) is 3.68. The van der Waals surface area contributed by atoms with Gasteiger partial charge in [-0.15, -0.1) is 0 Å². The molecule has 0 aromatic rings. The van der Waals surface area contributed by atoms with Crippen LogP contribution in [0.25, 0.3) is 0 Å². The Morgan fingerprint density at radius 1 is 1.30 bits per heavy atom. The minimum atomic E-state index is -3.51. The number of rotatable bonds is 6. The Labute approximate surface area is 138 Å². The molecule has 1 aliphatic rings. The van der Waals surface area contributed by atoms with E-state index >= 15 is 0 Å². The summed E-state index contributed by atoms with van der Waals surface area (Å²) in [6.07, 6.45) is 1.70. The average Bonchev–Trinajstić information content (AvgIpc) is 2.43. The van der Waals surface area contributed by atoms with Crippen molar-refractivity contribution in [3.63, 3.8) is 0 Å². The number of ether oxygens (including phenoxy) is 1. The number of nitrogens with zero attached hydrogens (tertiary/aromatic N) is 2. The van der Waals surface area contributed by atoms with Crippen molar-refractivity contribution in [1.82, 2.24) is 14.5 Å². The number of nitrogens with one attached hydrogen (secondary N) is 1. The van der Waals surface area contributed by atoms with Crippen LogP contribution in [0.1, 0.15) is 33.6 Å². The van der Waals surface area contributed by atoms with Crippen LogP contribution in [-0.2, 0) is 19.6 Å². The zero-order valence-corrected chi connectivity index (χ0v) is 15.1. The first-order chi connectivity index (χ1) is 10.6. The molecule has 0 saturated carbocycles. The summed E-state index contributed by atoms with van der Waals surface area (Å²) >= 11 is 0. The quantitative estimate of drug-likeness (QED) is 0.748. The maximum atomic E-state index is 12.0. The molecule has 1 heterocycles. The van der Waals surface area contributed by atoms with Crippen molar-refractivity contribution >= 4 is 22.0 Å². The van der Waals surface area contributed by atoms with Crippen LogP contribution in [0.5, 0.6) is 0 Å². The van der Waals surface area contributed by atoms with Crippen LogP contribution in [0, 0.1) is 0 Å². The summed E-state index contributed by atoms with van der Waals surface area (Å²) < 4.78 is 30.2. The second-order valence-electron chi connectivity index (χ2n) is 5.95. The third kappa shape index (κ3) is 6.34. The molecule has 0 atom stereocenters. The number of carbonyl (C=O) groups is 2. The van der Waals surface area contributed by atoms with Crippen molar-refractivity contribution < 1.29 is 22.7 Å². The van der Waals surface area contributed by atoms with Gasteiger partial charge < -0.3 is 15.0 Å². The summed E-state index contributed by atoms with van der Waals surface area (Å²) in [5.41, 5.74) is 0. The summed E-state index contributed by atoms with van der Waals surface area (Å²) in [4.78, 5) is 25.2. The highest BCUT2D eigenvalue weighted by molar-refractivity contribution is 7.88. The minimum Gasteiger partial charge on any atom is -0.450 e. The Morgan fingerprint density at radius 2 is 1.87 bits per heavy atom. The molecule has 0 aliphatic carbocycles. The molecule has 0 spiro atoms. The molecule has 0 bridgehead atoms. The van der Waals surface area contributed by atoms with Gasteiger partial charge in [0.1, 0.15) is 0 Å². The normalized spacial score (nSPS) is 16.7. The number of piperidine rings is 1. The Hall–Kier alpha value is -1.35. The average molecular weight is 349 g/mol.